The minimum Gasteiger partial charge on any atom is -0.493 e. The summed E-state index contributed by atoms with van der Waals surface area (Å²) in [5.41, 5.74) is 1.18. The van der Waals surface area contributed by atoms with Gasteiger partial charge in [0, 0.05) is 17.5 Å². The first kappa shape index (κ1) is 14.3. The summed E-state index contributed by atoms with van der Waals surface area (Å²) in [5, 5.41) is 0.948. The zero-order valence-corrected chi connectivity index (χ0v) is 11.4. The van der Waals surface area contributed by atoms with Gasteiger partial charge in [-0.3, -0.25) is 0 Å². The van der Waals surface area contributed by atoms with Crippen molar-refractivity contribution in [1.29, 1.82) is 0 Å². The normalized spacial score (nSPS) is 9.78. The van der Waals surface area contributed by atoms with Gasteiger partial charge in [0.05, 0.1) is 6.61 Å². The van der Waals surface area contributed by atoms with E-state index < -0.39 is 0 Å². The van der Waals surface area contributed by atoms with Gasteiger partial charge in [-0.2, -0.15) is 0 Å². The first-order chi connectivity index (χ1) is 8.70. The molecule has 3 nitrogen and oxygen atoms in total. The highest BCUT2D eigenvalue weighted by Crippen LogP contribution is 2.22. The van der Waals surface area contributed by atoms with Crippen LogP contribution in [0.4, 0.5) is 0 Å². The minimum atomic E-state index is -0.322. The van der Waals surface area contributed by atoms with Crippen LogP contribution < -0.4 is 10.4 Å². The Kier molecular flexibility index (Phi) is 5.43. The van der Waals surface area contributed by atoms with Crippen LogP contribution in [0.2, 0.25) is 0 Å². The molecule has 1 aromatic carbocycles. The zero-order chi connectivity index (χ0) is 13.5. The maximum absolute atomic E-state index is 11.2. The fourth-order valence-electron chi connectivity index (χ4n) is 1.61. The molecule has 3 heteroatoms. The summed E-state index contributed by atoms with van der Waals surface area (Å²) in [6.45, 7) is 8.61. The van der Waals surface area contributed by atoms with Crippen LogP contribution in [0.25, 0.3) is 11.0 Å². The molecule has 0 amide bonds. The number of hydrogen-bond acceptors (Lipinski definition) is 3. The van der Waals surface area contributed by atoms with Gasteiger partial charge in [0.1, 0.15) is 11.3 Å². The number of rotatable bonds is 3. The lowest BCUT2D eigenvalue weighted by Gasteiger charge is -2.05. The maximum Gasteiger partial charge on any atom is 0.336 e. The second kappa shape index (κ2) is 6.84. The van der Waals surface area contributed by atoms with E-state index in [1.54, 1.807) is 6.07 Å². The summed E-state index contributed by atoms with van der Waals surface area (Å²) in [4.78, 5) is 11.2. The number of benzene rings is 1. The lowest BCUT2D eigenvalue weighted by molar-refractivity contribution is 0.317. The van der Waals surface area contributed by atoms with Gasteiger partial charge in [-0.25, -0.2) is 4.79 Å². The molecule has 0 atom stereocenters. The molecule has 1 heterocycles. The van der Waals surface area contributed by atoms with E-state index in [9.17, 15) is 4.79 Å². The monoisotopic (exact) mass is 248 g/mol. The fraction of sp³-hybridized carbons (Fsp3) is 0.400. The molecule has 0 saturated heterocycles. The molecule has 0 unspecified atom stereocenters. The summed E-state index contributed by atoms with van der Waals surface area (Å²) >= 11 is 0. The molecule has 0 N–H and O–H groups in total. The number of hydrogen-bond donors (Lipinski definition) is 0. The Morgan fingerprint density at radius 2 is 1.94 bits per heavy atom. The summed E-state index contributed by atoms with van der Waals surface area (Å²) in [6, 6.07) is 7.07. The first-order valence-corrected chi connectivity index (χ1v) is 6.38. The Hall–Kier alpha value is -1.77. The summed E-state index contributed by atoms with van der Waals surface area (Å²) < 4.78 is 10.6. The van der Waals surface area contributed by atoms with Crippen LogP contribution >= 0.6 is 0 Å². The van der Waals surface area contributed by atoms with Crippen LogP contribution in [0, 0.1) is 6.92 Å². The predicted octanol–water partition coefficient (Wildman–Crippen LogP) is 3.92. The molecule has 0 saturated carbocycles. The molecule has 0 fully saturated rings. The lowest BCUT2D eigenvalue weighted by Crippen LogP contribution is -1.99. The molecule has 98 valence electrons. The van der Waals surface area contributed by atoms with Crippen molar-refractivity contribution in [3.63, 3.8) is 0 Å². The van der Waals surface area contributed by atoms with Gasteiger partial charge < -0.3 is 9.15 Å². The number of aryl methyl sites for hydroxylation is 1. The summed E-state index contributed by atoms with van der Waals surface area (Å²) in [6.07, 6.45) is 0.954. The first-order valence-electron chi connectivity index (χ1n) is 6.38. The van der Waals surface area contributed by atoms with Crippen molar-refractivity contribution in [3.8, 4) is 5.75 Å². The van der Waals surface area contributed by atoms with Crippen molar-refractivity contribution in [2.75, 3.05) is 6.61 Å². The highest BCUT2D eigenvalue weighted by Gasteiger charge is 2.03. The third-order valence-electron chi connectivity index (χ3n) is 2.40. The topological polar surface area (TPSA) is 39.4 Å². The highest BCUT2D eigenvalue weighted by atomic mass is 16.5. The third kappa shape index (κ3) is 3.36. The van der Waals surface area contributed by atoms with Gasteiger partial charge in [0.15, 0.2) is 0 Å². The van der Waals surface area contributed by atoms with Crippen molar-refractivity contribution in [2.45, 2.75) is 34.1 Å². The Bertz CT molecular complexity index is 555. The van der Waals surface area contributed by atoms with E-state index in [1.807, 2.05) is 39.8 Å². The van der Waals surface area contributed by atoms with Crippen molar-refractivity contribution in [2.24, 2.45) is 0 Å². The third-order valence-corrected chi connectivity index (χ3v) is 2.40. The molecule has 1 aromatic heterocycles. The molecule has 2 aromatic rings. The van der Waals surface area contributed by atoms with Crippen LogP contribution in [0.1, 0.15) is 32.8 Å². The second-order valence-corrected chi connectivity index (χ2v) is 3.75. The molecule has 0 bridgehead atoms. The summed E-state index contributed by atoms with van der Waals surface area (Å²) in [5.74, 6) is 0.739. The molecule has 0 aliphatic carbocycles. The van der Waals surface area contributed by atoms with Crippen LogP contribution in [0.5, 0.6) is 5.75 Å². The van der Waals surface area contributed by atoms with E-state index in [0.29, 0.717) is 12.2 Å². The van der Waals surface area contributed by atoms with Crippen molar-refractivity contribution >= 4 is 11.0 Å². The fourth-order valence-corrected chi connectivity index (χ4v) is 1.61. The van der Waals surface area contributed by atoms with E-state index >= 15 is 0 Å². The average molecular weight is 248 g/mol. The van der Waals surface area contributed by atoms with E-state index in [-0.39, 0.29) is 5.63 Å². The maximum atomic E-state index is 11.2. The van der Waals surface area contributed by atoms with Gasteiger partial charge in [-0.05, 0) is 31.0 Å². The SMILES string of the molecule is CC.CCCOc1ccc2c(C)cc(=O)oc2c1. The van der Waals surface area contributed by atoms with Gasteiger partial charge in [0.2, 0.25) is 0 Å². The van der Waals surface area contributed by atoms with E-state index in [4.69, 9.17) is 9.15 Å². The van der Waals surface area contributed by atoms with E-state index in [2.05, 4.69) is 0 Å². The molecular weight excluding hydrogens is 228 g/mol. The largest absolute Gasteiger partial charge is 0.493 e. The van der Waals surface area contributed by atoms with Gasteiger partial charge >= 0.3 is 5.63 Å². The summed E-state index contributed by atoms with van der Waals surface area (Å²) in [7, 11) is 0. The second-order valence-electron chi connectivity index (χ2n) is 3.75. The number of ether oxygens (including phenoxy) is 1. The molecule has 0 spiro atoms. The smallest absolute Gasteiger partial charge is 0.336 e. The Labute approximate surface area is 107 Å². The van der Waals surface area contributed by atoms with Crippen LogP contribution in [-0.2, 0) is 0 Å². The Morgan fingerprint density at radius 1 is 1.22 bits per heavy atom. The van der Waals surface area contributed by atoms with Gasteiger partial charge in [-0.1, -0.05) is 20.8 Å². The molecule has 2 rings (SSSR count). The Balaban J connectivity index is 0.000000771. The van der Waals surface area contributed by atoms with E-state index in [1.165, 1.54) is 6.07 Å². The van der Waals surface area contributed by atoms with Gasteiger partial charge in [0.25, 0.3) is 0 Å². The minimum absolute atomic E-state index is 0.322. The molecule has 0 aliphatic rings. The Morgan fingerprint density at radius 3 is 2.61 bits per heavy atom. The quantitative estimate of drug-likeness (QED) is 0.773. The van der Waals surface area contributed by atoms with Crippen LogP contribution in [0.3, 0.4) is 0 Å². The zero-order valence-electron chi connectivity index (χ0n) is 11.4. The molecular formula is C15H20O3. The molecule has 18 heavy (non-hydrogen) atoms. The standard InChI is InChI=1S/C13H14O3.C2H6/c1-3-6-15-10-4-5-11-9(2)7-13(14)16-12(11)8-10;1-2/h4-5,7-8H,3,6H2,1-2H3;1-2H3. The predicted molar refractivity (Wildman–Crippen MR) is 74.4 cm³/mol. The number of fused-ring (bicyclic) bond motifs is 1. The van der Waals surface area contributed by atoms with Crippen molar-refractivity contribution < 1.29 is 9.15 Å². The van der Waals surface area contributed by atoms with E-state index in [0.717, 1.165) is 23.1 Å². The highest BCUT2D eigenvalue weighted by molar-refractivity contribution is 5.81. The van der Waals surface area contributed by atoms with Gasteiger partial charge in [-0.15, -0.1) is 0 Å². The van der Waals surface area contributed by atoms with Crippen molar-refractivity contribution in [1.82, 2.24) is 0 Å². The van der Waals surface area contributed by atoms with Crippen molar-refractivity contribution in [3.05, 3.63) is 40.2 Å². The lowest BCUT2D eigenvalue weighted by atomic mass is 10.1. The van der Waals surface area contributed by atoms with Crippen LogP contribution in [-0.4, -0.2) is 6.61 Å². The van der Waals surface area contributed by atoms with Crippen LogP contribution in [0.15, 0.2) is 33.5 Å². The molecule has 0 radical (unpaired) electrons. The molecule has 0 aliphatic heterocycles. The average Bonchev–Trinajstić information content (AvgIpc) is 2.38.